The summed E-state index contributed by atoms with van der Waals surface area (Å²) in [6.45, 7) is 7.81. The summed E-state index contributed by atoms with van der Waals surface area (Å²) in [6, 6.07) is 8.04. The second-order valence-electron chi connectivity index (χ2n) is 6.71. The predicted octanol–water partition coefficient (Wildman–Crippen LogP) is 3.88. The second-order valence-corrected chi connectivity index (χ2v) is 6.71. The second kappa shape index (κ2) is 4.07. The molecule has 0 N–H and O–H groups in total. The van der Waals surface area contributed by atoms with Crippen LogP contribution in [-0.2, 0) is 17.0 Å². The summed E-state index contributed by atoms with van der Waals surface area (Å²) in [5.74, 6) is 0. The van der Waals surface area contributed by atoms with Crippen molar-refractivity contribution in [3.8, 4) is 0 Å². The van der Waals surface area contributed by atoms with Gasteiger partial charge in [-0.2, -0.15) is 0 Å². The monoisotopic (exact) mass is 261 g/mol. The van der Waals surface area contributed by atoms with Gasteiger partial charge in [0, 0.05) is 29.2 Å². The van der Waals surface area contributed by atoms with Gasteiger partial charge >= 0.3 is 0 Å². The third kappa shape index (κ3) is 2.16. The van der Waals surface area contributed by atoms with Crippen LogP contribution >= 0.6 is 0 Å². The first-order chi connectivity index (χ1) is 8.89. The maximum Gasteiger partial charge on any atom is 0.184 e. The fourth-order valence-electron chi connectivity index (χ4n) is 2.68. The van der Waals surface area contributed by atoms with Gasteiger partial charge in [-0.25, -0.2) is 4.39 Å². The van der Waals surface area contributed by atoms with E-state index in [1.807, 2.05) is 24.4 Å². The minimum absolute atomic E-state index is 0.165. The summed E-state index contributed by atoms with van der Waals surface area (Å²) in [5, 5.41) is 1.01. The van der Waals surface area contributed by atoms with E-state index in [0.717, 1.165) is 23.0 Å². The lowest BCUT2D eigenvalue weighted by molar-refractivity contribution is -0.134. The average Bonchev–Trinajstić information content (AvgIpc) is 2.64. The van der Waals surface area contributed by atoms with Crippen LogP contribution in [0, 0.1) is 5.41 Å². The Hall–Kier alpha value is -1.35. The normalized spacial score (nSPS) is 18.5. The van der Waals surface area contributed by atoms with Crippen molar-refractivity contribution < 1.29 is 9.13 Å². The minimum atomic E-state index is -1.30. The first-order valence-electron chi connectivity index (χ1n) is 6.74. The third-order valence-corrected chi connectivity index (χ3v) is 3.58. The van der Waals surface area contributed by atoms with Crippen molar-refractivity contribution in [2.24, 2.45) is 5.41 Å². The molecule has 0 radical (unpaired) electrons. The number of halogens is 1. The highest BCUT2D eigenvalue weighted by molar-refractivity contribution is 5.85. The largest absolute Gasteiger partial charge is 0.374 e. The van der Waals surface area contributed by atoms with E-state index >= 15 is 0 Å². The fourth-order valence-corrected chi connectivity index (χ4v) is 2.68. The Balaban J connectivity index is 2.13. The van der Waals surface area contributed by atoms with Crippen molar-refractivity contribution in [3.05, 3.63) is 36.0 Å². The number of hydrogen-bond donors (Lipinski definition) is 0. The lowest BCUT2D eigenvalue weighted by Gasteiger charge is -2.33. The van der Waals surface area contributed by atoms with Gasteiger partial charge in [-0.15, -0.1) is 0 Å². The van der Waals surface area contributed by atoms with E-state index in [0.29, 0.717) is 0 Å². The van der Waals surface area contributed by atoms with Gasteiger partial charge in [-0.05, 0) is 11.5 Å². The number of para-hydroxylation sites is 1. The molecule has 0 atom stereocenters. The number of alkyl halides is 1. The summed E-state index contributed by atoms with van der Waals surface area (Å²) in [5.41, 5.74) is 0.747. The van der Waals surface area contributed by atoms with Crippen molar-refractivity contribution in [2.45, 2.75) is 33.0 Å². The van der Waals surface area contributed by atoms with Crippen LogP contribution in [0.2, 0.25) is 0 Å². The molecule has 2 aromatic rings. The van der Waals surface area contributed by atoms with Gasteiger partial charge in [-0.1, -0.05) is 39.0 Å². The van der Waals surface area contributed by atoms with E-state index < -0.39 is 5.67 Å². The Morgan fingerprint density at radius 2 is 1.95 bits per heavy atom. The van der Waals surface area contributed by atoms with E-state index in [4.69, 9.17) is 4.74 Å². The van der Waals surface area contributed by atoms with Gasteiger partial charge in [0.1, 0.15) is 0 Å². The highest BCUT2D eigenvalue weighted by Gasteiger charge is 2.42. The number of hydrogen-bond acceptors (Lipinski definition) is 1. The quantitative estimate of drug-likeness (QED) is 0.800. The van der Waals surface area contributed by atoms with Crippen LogP contribution in [0.3, 0.4) is 0 Å². The molecule has 1 fully saturated rings. The van der Waals surface area contributed by atoms with Crippen LogP contribution in [0.1, 0.15) is 26.3 Å². The lowest BCUT2D eigenvalue weighted by atomic mass is 9.94. The number of ether oxygens (including phenoxy) is 1. The molecule has 3 rings (SSSR count). The molecular weight excluding hydrogens is 241 g/mol. The molecule has 1 aliphatic heterocycles. The van der Waals surface area contributed by atoms with Crippen LogP contribution in [0.25, 0.3) is 10.9 Å². The summed E-state index contributed by atoms with van der Waals surface area (Å²) in [4.78, 5) is 0. The van der Waals surface area contributed by atoms with E-state index in [2.05, 4.69) is 31.4 Å². The first kappa shape index (κ1) is 12.7. The molecule has 0 saturated carbocycles. The number of nitrogens with zero attached hydrogens (tertiary/aromatic N) is 1. The fraction of sp³-hybridized carbons (Fsp3) is 0.500. The van der Waals surface area contributed by atoms with Crippen molar-refractivity contribution in [1.82, 2.24) is 4.57 Å². The van der Waals surface area contributed by atoms with Crippen LogP contribution < -0.4 is 0 Å². The van der Waals surface area contributed by atoms with Crippen LogP contribution in [0.15, 0.2) is 30.5 Å². The van der Waals surface area contributed by atoms with Gasteiger partial charge < -0.3 is 9.30 Å². The van der Waals surface area contributed by atoms with Crippen molar-refractivity contribution in [2.75, 3.05) is 13.2 Å². The molecular formula is C16H20FNO. The standard InChI is InChI=1S/C16H20FNO/c1-15(2,3)9-18-8-13(16(17)10-19-11-16)12-6-4-5-7-14(12)18/h4-8H,9-11H2,1-3H3. The van der Waals surface area contributed by atoms with E-state index in [1.54, 1.807) is 0 Å². The van der Waals surface area contributed by atoms with Crippen molar-refractivity contribution >= 4 is 10.9 Å². The zero-order valence-corrected chi connectivity index (χ0v) is 11.7. The van der Waals surface area contributed by atoms with E-state index in [1.165, 1.54) is 0 Å². The zero-order valence-electron chi connectivity index (χ0n) is 11.7. The highest BCUT2D eigenvalue weighted by Crippen LogP contribution is 2.39. The third-order valence-electron chi connectivity index (χ3n) is 3.58. The summed E-state index contributed by atoms with van der Waals surface area (Å²) in [7, 11) is 0. The molecule has 0 spiro atoms. The van der Waals surface area contributed by atoms with Gasteiger partial charge in [0.15, 0.2) is 5.67 Å². The van der Waals surface area contributed by atoms with Gasteiger partial charge in [0.2, 0.25) is 0 Å². The Bertz CT molecular complexity index is 605. The van der Waals surface area contributed by atoms with Gasteiger partial charge in [-0.3, -0.25) is 0 Å². The van der Waals surface area contributed by atoms with Crippen LogP contribution in [0.5, 0.6) is 0 Å². The Morgan fingerprint density at radius 1 is 1.26 bits per heavy atom. The van der Waals surface area contributed by atoms with Crippen LogP contribution in [-0.4, -0.2) is 17.8 Å². The molecule has 3 heteroatoms. The molecule has 0 unspecified atom stereocenters. The van der Waals surface area contributed by atoms with Crippen LogP contribution in [0.4, 0.5) is 4.39 Å². The number of benzene rings is 1. The molecule has 0 amide bonds. The molecule has 1 aromatic carbocycles. The molecule has 0 aliphatic carbocycles. The topological polar surface area (TPSA) is 14.2 Å². The maximum absolute atomic E-state index is 14.7. The molecule has 19 heavy (non-hydrogen) atoms. The minimum Gasteiger partial charge on any atom is -0.374 e. The SMILES string of the molecule is CC(C)(C)Cn1cc(C2(F)COC2)c2ccccc21. The lowest BCUT2D eigenvalue weighted by Crippen LogP contribution is -2.42. The Labute approximate surface area is 113 Å². The van der Waals surface area contributed by atoms with Crippen molar-refractivity contribution in [1.29, 1.82) is 0 Å². The molecule has 1 aliphatic rings. The molecule has 2 heterocycles. The Kier molecular flexibility index (Phi) is 2.72. The summed E-state index contributed by atoms with van der Waals surface area (Å²) in [6.07, 6.45) is 1.97. The molecule has 0 bridgehead atoms. The Morgan fingerprint density at radius 3 is 2.53 bits per heavy atom. The van der Waals surface area contributed by atoms with Crippen molar-refractivity contribution in [3.63, 3.8) is 0 Å². The zero-order chi connectivity index (χ0) is 13.7. The molecule has 1 aromatic heterocycles. The maximum atomic E-state index is 14.7. The molecule has 102 valence electrons. The highest BCUT2D eigenvalue weighted by atomic mass is 19.1. The average molecular weight is 261 g/mol. The van der Waals surface area contributed by atoms with Gasteiger partial charge in [0.05, 0.1) is 13.2 Å². The first-order valence-corrected chi connectivity index (χ1v) is 6.74. The number of aromatic nitrogens is 1. The van der Waals surface area contributed by atoms with E-state index in [-0.39, 0.29) is 18.6 Å². The summed E-state index contributed by atoms with van der Waals surface area (Å²) >= 11 is 0. The number of rotatable bonds is 2. The molecule has 1 saturated heterocycles. The van der Waals surface area contributed by atoms with E-state index in [9.17, 15) is 4.39 Å². The number of fused-ring (bicyclic) bond motifs is 1. The smallest absolute Gasteiger partial charge is 0.184 e. The summed E-state index contributed by atoms with van der Waals surface area (Å²) < 4.78 is 21.9. The van der Waals surface area contributed by atoms with Gasteiger partial charge in [0.25, 0.3) is 0 Å². The molecule has 2 nitrogen and oxygen atoms in total. The predicted molar refractivity (Wildman–Crippen MR) is 75.0 cm³/mol.